The monoisotopic (exact) mass is 323 g/mol. The maximum Gasteiger partial charge on any atom is 0.272 e. The van der Waals surface area contributed by atoms with Crippen LogP contribution in [0.25, 0.3) is 6.08 Å². The third kappa shape index (κ3) is 4.81. The van der Waals surface area contributed by atoms with E-state index >= 15 is 0 Å². The molecule has 0 heterocycles. The Hall–Kier alpha value is -3.41. The molecule has 2 aromatic carbocycles. The lowest BCUT2D eigenvalue weighted by Gasteiger charge is -2.10. The Bertz CT molecular complexity index is 798. The number of hydrogen-bond acceptors (Lipinski definition) is 3. The van der Waals surface area contributed by atoms with Gasteiger partial charge in [0.15, 0.2) is 0 Å². The second-order valence-corrected chi connectivity index (χ2v) is 5.05. The number of anilines is 1. The fraction of sp³-hybridized carbons (Fsp3) is 0.0556. The summed E-state index contributed by atoms with van der Waals surface area (Å²) in [4.78, 5) is 35.0. The summed E-state index contributed by atoms with van der Waals surface area (Å²) >= 11 is 0. The molecule has 3 amide bonds. The highest BCUT2D eigenvalue weighted by Crippen LogP contribution is 2.12. The molecular formula is C18H17N3O3. The molecule has 6 nitrogen and oxygen atoms in total. The van der Waals surface area contributed by atoms with E-state index in [1.807, 2.05) is 30.3 Å². The SMILES string of the molecule is CC(=O)N/C(=C/c1ccccc1)C(=O)Nc1cccc(C(N)=O)c1. The van der Waals surface area contributed by atoms with E-state index in [2.05, 4.69) is 10.6 Å². The molecule has 0 radical (unpaired) electrons. The number of carbonyl (C=O) groups is 3. The highest BCUT2D eigenvalue weighted by molar-refractivity contribution is 6.08. The lowest BCUT2D eigenvalue weighted by Crippen LogP contribution is -2.29. The smallest absolute Gasteiger partial charge is 0.272 e. The van der Waals surface area contributed by atoms with Gasteiger partial charge in [-0.05, 0) is 29.8 Å². The summed E-state index contributed by atoms with van der Waals surface area (Å²) in [6.07, 6.45) is 1.56. The average molecular weight is 323 g/mol. The molecule has 0 unspecified atom stereocenters. The van der Waals surface area contributed by atoms with Crippen molar-refractivity contribution in [3.63, 3.8) is 0 Å². The second kappa shape index (κ2) is 7.73. The highest BCUT2D eigenvalue weighted by Gasteiger charge is 2.12. The van der Waals surface area contributed by atoms with E-state index in [-0.39, 0.29) is 17.2 Å². The molecule has 0 bridgehead atoms. The van der Waals surface area contributed by atoms with Gasteiger partial charge in [-0.3, -0.25) is 14.4 Å². The van der Waals surface area contributed by atoms with Crippen molar-refractivity contribution in [1.82, 2.24) is 5.32 Å². The van der Waals surface area contributed by atoms with Crippen LogP contribution in [-0.4, -0.2) is 17.7 Å². The zero-order chi connectivity index (χ0) is 17.5. The average Bonchev–Trinajstić information content (AvgIpc) is 2.55. The number of carbonyl (C=O) groups excluding carboxylic acids is 3. The lowest BCUT2D eigenvalue weighted by atomic mass is 10.1. The molecule has 6 heteroatoms. The molecule has 0 saturated carbocycles. The van der Waals surface area contributed by atoms with Gasteiger partial charge < -0.3 is 16.4 Å². The molecule has 4 N–H and O–H groups in total. The number of nitrogens with two attached hydrogens (primary N) is 1. The van der Waals surface area contributed by atoms with Crippen LogP contribution in [-0.2, 0) is 9.59 Å². The number of amides is 3. The summed E-state index contributed by atoms with van der Waals surface area (Å²) in [5.41, 5.74) is 6.76. The molecule has 0 saturated heterocycles. The minimum Gasteiger partial charge on any atom is -0.366 e. The van der Waals surface area contributed by atoms with Crippen molar-refractivity contribution in [2.75, 3.05) is 5.32 Å². The first kappa shape index (κ1) is 17.0. The number of nitrogens with one attached hydrogen (secondary N) is 2. The molecule has 0 aromatic heterocycles. The van der Waals surface area contributed by atoms with Crippen molar-refractivity contribution in [1.29, 1.82) is 0 Å². The van der Waals surface area contributed by atoms with Crippen molar-refractivity contribution in [3.8, 4) is 0 Å². The van der Waals surface area contributed by atoms with Crippen molar-refractivity contribution < 1.29 is 14.4 Å². The third-order valence-corrected chi connectivity index (χ3v) is 3.07. The predicted octanol–water partition coefficient (Wildman–Crippen LogP) is 1.90. The fourth-order valence-electron chi connectivity index (χ4n) is 2.01. The van der Waals surface area contributed by atoms with Crippen molar-refractivity contribution >= 4 is 29.5 Å². The molecule has 24 heavy (non-hydrogen) atoms. The fourth-order valence-corrected chi connectivity index (χ4v) is 2.01. The van der Waals surface area contributed by atoms with Crippen molar-refractivity contribution in [2.24, 2.45) is 5.73 Å². The minimum atomic E-state index is -0.590. The number of benzene rings is 2. The Kier molecular flexibility index (Phi) is 5.46. The molecule has 2 rings (SSSR count). The second-order valence-electron chi connectivity index (χ2n) is 5.05. The summed E-state index contributed by atoms with van der Waals surface area (Å²) in [5.74, 6) is -1.46. The largest absolute Gasteiger partial charge is 0.366 e. The lowest BCUT2D eigenvalue weighted by molar-refractivity contribution is -0.120. The van der Waals surface area contributed by atoms with Crippen LogP contribution in [0.2, 0.25) is 0 Å². The van der Waals surface area contributed by atoms with Gasteiger partial charge in [0.2, 0.25) is 11.8 Å². The van der Waals surface area contributed by atoms with Crippen LogP contribution in [0.3, 0.4) is 0 Å². The zero-order valence-electron chi connectivity index (χ0n) is 13.1. The summed E-state index contributed by atoms with van der Waals surface area (Å²) in [6, 6.07) is 15.4. The molecule has 0 aliphatic heterocycles. The highest BCUT2D eigenvalue weighted by atomic mass is 16.2. The van der Waals surface area contributed by atoms with Crippen LogP contribution in [0.4, 0.5) is 5.69 Å². The predicted molar refractivity (Wildman–Crippen MR) is 91.8 cm³/mol. The Labute approximate surface area is 139 Å². The van der Waals surface area contributed by atoms with Crippen LogP contribution < -0.4 is 16.4 Å². The molecule has 0 aliphatic carbocycles. The summed E-state index contributed by atoms with van der Waals surface area (Å²) in [7, 11) is 0. The first-order chi connectivity index (χ1) is 11.5. The van der Waals surface area contributed by atoms with Gasteiger partial charge in [-0.15, -0.1) is 0 Å². The van der Waals surface area contributed by atoms with E-state index in [0.29, 0.717) is 5.69 Å². The van der Waals surface area contributed by atoms with Crippen LogP contribution in [0.15, 0.2) is 60.3 Å². The van der Waals surface area contributed by atoms with E-state index in [1.165, 1.54) is 13.0 Å². The van der Waals surface area contributed by atoms with Crippen LogP contribution in [0, 0.1) is 0 Å². The third-order valence-electron chi connectivity index (χ3n) is 3.07. The molecule has 2 aromatic rings. The van der Waals surface area contributed by atoms with Crippen LogP contribution in [0.5, 0.6) is 0 Å². The summed E-state index contributed by atoms with van der Waals surface area (Å²) in [5, 5.41) is 5.14. The maximum absolute atomic E-state index is 12.4. The Balaban J connectivity index is 2.25. The quantitative estimate of drug-likeness (QED) is 0.732. The molecular weight excluding hydrogens is 306 g/mol. The molecule has 0 fully saturated rings. The topological polar surface area (TPSA) is 101 Å². The molecule has 0 spiro atoms. The van der Waals surface area contributed by atoms with Gasteiger partial charge in [0.25, 0.3) is 5.91 Å². The van der Waals surface area contributed by atoms with E-state index in [1.54, 1.807) is 24.3 Å². The number of rotatable bonds is 5. The van der Waals surface area contributed by atoms with Crippen molar-refractivity contribution in [2.45, 2.75) is 6.92 Å². The Morgan fingerprint density at radius 3 is 2.33 bits per heavy atom. The first-order valence-electron chi connectivity index (χ1n) is 7.21. The maximum atomic E-state index is 12.4. The molecule has 122 valence electrons. The van der Waals surface area contributed by atoms with Gasteiger partial charge in [0, 0.05) is 18.2 Å². The number of primary amides is 1. The van der Waals surface area contributed by atoms with Crippen LogP contribution in [0.1, 0.15) is 22.8 Å². The zero-order valence-corrected chi connectivity index (χ0v) is 13.1. The normalized spacial score (nSPS) is 10.8. The van der Waals surface area contributed by atoms with Gasteiger partial charge in [-0.1, -0.05) is 36.4 Å². The van der Waals surface area contributed by atoms with Gasteiger partial charge in [-0.2, -0.15) is 0 Å². The molecule has 0 atom stereocenters. The van der Waals surface area contributed by atoms with Gasteiger partial charge in [0.1, 0.15) is 5.70 Å². The van der Waals surface area contributed by atoms with Crippen molar-refractivity contribution in [3.05, 3.63) is 71.4 Å². The van der Waals surface area contributed by atoms with Gasteiger partial charge in [-0.25, -0.2) is 0 Å². The minimum absolute atomic E-state index is 0.0955. The number of hydrogen-bond donors (Lipinski definition) is 3. The van der Waals surface area contributed by atoms with E-state index < -0.39 is 11.8 Å². The van der Waals surface area contributed by atoms with Gasteiger partial charge in [0.05, 0.1) is 0 Å². The summed E-state index contributed by atoms with van der Waals surface area (Å²) < 4.78 is 0. The van der Waals surface area contributed by atoms with Gasteiger partial charge >= 0.3 is 0 Å². The first-order valence-corrected chi connectivity index (χ1v) is 7.21. The Morgan fingerprint density at radius 2 is 1.71 bits per heavy atom. The Morgan fingerprint density at radius 1 is 1.00 bits per heavy atom. The van der Waals surface area contributed by atoms with E-state index in [0.717, 1.165) is 5.56 Å². The standard InChI is InChI=1S/C18H17N3O3/c1-12(22)20-16(10-13-6-3-2-4-7-13)18(24)21-15-9-5-8-14(11-15)17(19)23/h2-11H,1H3,(H2,19,23)(H,20,22)(H,21,24)/b16-10+. The van der Waals surface area contributed by atoms with E-state index in [9.17, 15) is 14.4 Å². The van der Waals surface area contributed by atoms with Crippen LogP contribution >= 0.6 is 0 Å². The molecule has 0 aliphatic rings. The summed E-state index contributed by atoms with van der Waals surface area (Å²) in [6.45, 7) is 1.32. The van der Waals surface area contributed by atoms with E-state index in [4.69, 9.17) is 5.73 Å².